The van der Waals surface area contributed by atoms with Crippen molar-refractivity contribution < 1.29 is 9.59 Å². The predicted octanol–water partition coefficient (Wildman–Crippen LogP) is 2.83. The molecule has 2 amide bonds. The molecule has 4 aromatic rings. The van der Waals surface area contributed by atoms with Crippen molar-refractivity contribution in [3.63, 3.8) is 0 Å². The zero-order valence-electron chi connectivity index (χ0n) is 15.8. The van der Waals surface area contributed by atoms with Gasteiger partial charge in [0.2, 0.25) is 11.8 Å². The third-order valence-electron chi connectivity index (χ3n) is 4.70. The Kier molecular flexibility index (Phi) is 5.22. The normalized spacial score (nSPS) is 12.2. The van der Waals surface area contributed by atoms with Crippen LogP contribution in [0.1, 0.15) is 18.2 Å². The number of aromatic amines is 1. The average Bonchev–Trinajstić information content (AvgIpc) is 3.28. The number of hydrogen-bond donors (Lipinski definition) is 3. The van der Waals surface area contributed by atoms with E-state index in [0.29, 0.717) is 17.1 Å². The Morgan fingerprint density at radius 1 is 1.21 bits per heavy atom. The van der Waals surface area contributed by atoms with Crippen LogP contribution in [0.4, 0.5) is 0 Å². The van der Waals surface area contributed by atoms with Crippen molar-refractivity contribution in [1.29, 1.82) is 0 Å². The fraction of sp³-hybridized carbons (Fsp3) is 0.190. The van der Waals surface area contributed by atoms with Crippen LogP contribution >= 0.6 is 11.6 Å². The van der Waals surface area contributed by atoms with E-state index in [1.54, 1.807) is 16.7 Å². The number of para-hydroxylation sites is 1. The minimum atomic E-state index is -0.682. The van der Waals surface area contributed by atoms with E-state index in [0.717, 1.165) is 22.1 Å². The van der Waals surface area contributed by atoms with E-state index < -0.39 is 6.04 Å². The molecule has 0 bridgehead atoms. The van der Waals surface area contributed by atoms with Gasteiger partial charge in [0, 0.05) is 42.8 Å². The molecule has 3 heterocycles. The van der Waals surface area contributed by atoms with Crippen LogP contribution in [0.5, 0.6) is 0 Å². The Balaban J connectivity index is 1.48. The number of H-pyrrole nitrogens is 1. The molecular weight excluding hydrogens is 390 g/mol. The van der Waals surface area contributed by atoms with Gasteiger partial charge in [-0.15, -0.1) is 0 Å². The Bertz CT molecular complexity index is 1200. The van der Waals surface area contributed by atoms with Crippen molar-refractivity contribution in [1.82, 2.24) is 25.0 Å². The molecule has 7 nitrogen and oxygen atoms in total. The highest BCUT2D eigenvalue weighted by atomic mass is 35.5. The molecule has 8 heteroatoms. The number of benzene rings is 1. The Labute approximate surface area is 172 Å². The van der Waals surface area contributed by atoms with Gasteiger partial charge in [0.1, 0.15) is 11.7 Å². The molecule has 0 saturated heterocycles. The highest BCUT2D eigenvalue weighted by Gasteiger charge is 2.21. The van der Waals surface area contributed by atoms with Crippen LogP contribution < -0.4 is 10.6 Å². The summed E-state index contributed by atoms with van der Waals surface area (Å²) in [5, 5.41) is 7.25. The standard InChI is InChI=1S/C21H20ClN5O2/c1-13(28)25-19(8-14-9-23-18-5-3-2-4-17(14)18)21(29)24-10-16-12-27-11-15(22)6-7-20(27)26-16/h2-7,9,11-12,19,23H,8,10H2,1H3,(H,24,29)(H,25,28). The first kappa shape index (κ1) is 19.0. The van der Waals surface area contributed by atoms with E-state index in [1.807, 2.05) is 42.7 Å². The first-order valence-corrected chi connectivity index (χ1v) is 9.60. The zero-order valence-corrected chi connectivity index (χ0v) is 16.5. The maximum atomic E-state index is 12.8. The minimum Gasteiger partial charge on any atom is -0.361 e. The van der Waals surface area contributed by atoms with Gasteiger partial charge in [-0.2, -0.15) is 0 Å². The van der Waals surface area contributed by atoms with Gasteiger partial charge in [0.15, 0.2) is 0 Å². The largest absolute Gasteiger partial charge is 0.361 e. The number of carbonyl (C=O) groups excluding carboxylic acids is 2. The van der Waals surface area contributed by atoms with Gasteiger partial charge in [0.25, 0.3) is 0 Å². The number of rotatable bonds is 6. The highest BCUT2D eigenvalue weighted by Crippen LogP contribution is 2.19. The maximum Gasteiger partial charge on any atom is 0.243 e. The molecule has 3 aromatic heterocycles. The molecular formula is C21H20ClN5O2. The molecule has 1 aromatic carbocycles. The van der Waals surface area contributed by atoms with Gasteiger partial charge in [-0.25, -0.2) is 4.98 Å². The molecule has 0 saturated carbocycles. The van der Waals surface area contributed by atoms with Gasteiger partial charge < -0.3 is 20.0 Å². The Hall–Kier alpha value is -3.32. The van der Waals surface area contributed by atoms with Crippen molar-refractivity contribution in [2.45, 2.75) is 25.9 Å². The lowest BCUT2D eigenvalue weighted by atomic mass is 10.0. The van der Waals surface area contributed by atoms with Crippen molar-refractivity contribution in [2.24, 2.45) is 0 Å². The summed E-state index contributed by atoms with van der Waals surface area (Å²) >= 11 is 5.99. The molecule has 0 fully saturated rings. The van der Waals surface area contributed by atoms with Crippen molar-refractivity contribution >= 4 is 40.0 Å². The van der Waals surface area contributed by atoms with E-state index >= 15 is 0 Å². The summed E-state index contributed by atoms with van der Waals surface area (Å²) in [7, 11) is 0. The Morgan fingerprint density at radius 2 is 2.03 bits per heavy atom. The molecule has 0 radical (unpaired) electrons. The lowest BCUT2D eigenvalue weighted by Crippen LogP contribution is -2.47. The molecule has 1 atom stereocenters. The second-order valence-electron chi connectivity index (χ2n) is 6.88. The summed E-state index contributed by atoms with van der Waals surface area (Å²) in [6.07, 6.45) is 5.83. The van der Waals surface area contributed by atoms with Crippen LogP contribution in [-0.2, 0) is 22.6 Å². The molecule has 0 aliphatic heterocycles. The number of pyridine rings is 1. The fourth-order valence-corrected chi connectivity index (χ4v) is 3.55. The molecule has 1 unspecified atom stereocenters. The van der Waals surface area contributed by atoms with E-state index in [-0.39, 0.29) is 18.4 Å². The van der Waals surface area contributed by atoms with Gasteiger partial charge in [-0.3, -0.25) is 9.59 Å². The van der Waals surface area contributed by atoms with Crippen LogP contribution in [0.2, 0.25) is 5.02 Å². The summed E-state index contributed by atoms with van der Waals surface area (Å²) in [4.78, 5) is 32.1. The summed E-state index contributed by atoms with van der Waals surface area (Å²) in [6.45, 7) is 1.66. The smallest absolute Gasteiger partial charge is 0.243 e. The van der Waals surface area contributed by atoms with Crippen LogP contribution in [0.15, 0.2) is 55.0 Å². The summed E-state index contributed by atoms with van der Waals surface area (Å²) in [5.74, 6) is -0.520. The zero-order chi connectivity index (χ0) is 20.4. The van der Waals surface area contributed by atoms with Gasteiger partial charge in [-0.05, 0) is 23.8 Å². The lowest BCUT2D eigenvalue weighted by Gasteiger charge is -2.17. The molecule has 0 aliphatic carbocycles. The van der Waals surface area contributed by atoms with Gasteiger partial charge in [-0.1, -0.05) is 29.8 Å². The number of hydrogen-bond acceptors (Lipinski definition) is 3. The third-order valence-corrected chi connectivity index (χ3v) is 4.93. The molecule has 29 heavy (non-hydrogen) atoms. The second-order valence-corrected chi connectivity index (χ2v) is 7.32. The quantitative estimate of drug-likeness (QED) is 0.457. The van der Waals surface area contributed by atoms with E-state index in [4.69, 9.17) is 11.6 Å². The molecule has 3 N–H and O–H groups in total. The third kappa shape index (κ3) is 4.25. The fourth-order valence-electron chi connectivity index (χ4n) is 3.38. The number of aromatic nitrogens is 3. The molecule has 148 valence electrons. The first-order chi connectivity index (χ1) is 14.0. The number of fused-ring (bicyclic) bond motifs is 2. The summed E-state index contributed by atoms with van der Waals surface area (Å²) in [6, 6.07) is 10.8. The van der Waals surface area contributed by atoms with E-state index in [9.17, 15) is 9.59 Å². The number of carbonyl (C=O) groups is 2. The van der Waals surface area contributed by atoms with Gasteiger partial charge in [0.05, 0.1) is 17.3 Å². The number of halogens is 1. The van der Waals surface area contributed by atoms with Gasteiger partial charge >= 0.3 is 0 Å². The van der Waals surface area contributed by atoms with Crippen molar-refractivity contribution in [2.75, 3.05) is 0 Å². The van der Waals surface area contributed by atoms with Crippen LogP contribution in [0.3, 0.4) is 0 Å². The monoisotopic (exact) mass is 409 g/mol. The predicted molar refractivity (Wildman–Crippen MR) is 112 cm³/mol. The van der Waals surface area contributed by atoms with Crippen molar-refractivity contribution in [3.05, 3.63) is 71.3 Å². The number of amides is 2. The van der Waals surface area contributed by atoms with Crippen LogP contribution in [0, 0.1) is 0 Å². The number of nitrogens with one attached hydrogen (secondary N) is 3. The van der Waals surface area contributed by atoms with E-state index in [2.05, 4.69) is 20.6 Å². The molecule has 0 spiro atoms. The minimum absolute atomic E-state index is 0.252. The Morgan fingerprint density at radius 3 is 2.86 bits per heavy atom. The lowest BCUT2D eigenvalue weighted by molar-refractivity contribution is -0.128. The van der Waals surface area contributed by atoms with Crippen LogP contribution in [-0.4, -0.2) is 32.2 Å². The summed E-state index contributed by atoms with van der Waals surface area (Å²) in [5.41, 5.74) is 3.41. The maximum absolute atomic E-state index is 12.8. The molecule has 0 aliphatic rings. The SMILES string of the molecule is CC(=O)NC(Cc1c[nH]c2ccccc12)C(=O)NCc1cn2cc(Cl)ccc2n1. The van der Waals surface area contributed by atoms with Crippen LogP contribution in [0.25, 0.3) is 16.6 Å². The summed E-state index contributed by atoms with van der Waals surface area (Å²) < 4.78 is 1.81. The second kappa shape index (κ2) is 7.97. The number of imidazole rings is 1. The van der Waals surface area contributed by atoms with E-state index in [1.165, 1.54) is 6.92 Å². The first-order valence-electron chi connectivity index (χ1n) is 9.22. The topological polar surface area (TPSA) is 91.3 Å². The highest BCUT2D eigenvalue weighted by molar-refractivity contribution is 6.30. The van der Waals surface area contributed by atoms with Crippen molar-refractivity contribution in [3.8, 4) is 0 Å². The number of nitrogens with zero attached hydrogens (tertiary/aromatic N) is 2. The average molecular weight is 410 g/mol. The molecule has 4 rings (SSSR count).